The molecule has 0 saturated heterocycles. The lowest BCUT2D eigenvalue weighted by Gasteiger charge is -2.26. The van der Waals surface area contributed by atoms with Crippen molar-refractivity contribution in [2.24, 2.45) is 0 Å². The second kappa shape index (κ2) is 20.3. The van der Waals surface area contributed by atoms with Crippen molar-refractivity contribution < 1.29 is 0 Å². The SMILES string of the molecule is c1ccc(-c2c(-c3ccccc3)c(-c3ccccc3)c3c(c2-c2ccccc2)-c2cccc4c(-c5ccc6c(c5)c5cc(-c7ccc8c9c(cccc79)-c7c-8c(-c8ccccc8)c8ccccc8c7-c7ccccc7)ccc5n6-c5ccccc5)ccc-3c24)cc1. The Bertz CT molecular complexity index is 5600. The summed E-state index contributed by atoms with van der Waals surface area (Å²) in [6, 6.07) is 124. The van der Waals surface area contributed by atoms with Gasteiger partial charge in [-0.15, -0.1) is 0 Å². The van der Waals surface area contributed by atoms with E-state index in [2.05, 4.69) is 338 Å². The summed E-state index contributed by atoms with van der Waals surface area (Å²) in [6.45, 7) is 0. The van der Waals surface area contributed by atoms with Crippen molar-refractivity contribution in [3.63, 3.8) is 0 Å². The molecular weight excluding hydrogens is 1090 g/mol. The van der Waals surface area contributed by atoms with Gasteiger partial charge in [0.15, 0.2) is 0 Å². The molecule has 2 aliphatic carbocycles. The Morgan fingerprint density at radius 2 is 0.429 bits per heavy atom. The van der Waals surface area contributed by atoms with Crippen LogP contribution in [0.15, 0.2) is 334 Å². The maximum absolute atomic E-state index is 2.48. The maximum atomic E-state index is 2.48. The van der Waals surface area contributed by atoms with Crippen LogP contribution in [0.5, 0.6) is 0 Å². The normalized spacial score (nSPS) is 12.0. The fourth-order valence-corrected chi connectivity index (χ4v) is 16.0. The Hall–Kier alpha value is -11.9. The van der Waals surface area contributed by atoms with Crippen molar-refractivity contribution in [1.29, 1.82) is 0 Å². The van der Waals surface area contributed by atoms with E-state index in [9.17, 15) is 0 Å². The standard InChI is InChI=1S/C90H55N/c1-8-26-56(27-9-1)79-69-40-22-23-41-70(69)80(57-28-10-2-11-29-57)88-73-50-48-65(67-42-24-44-71(85(67)73)87(79)88)62-46-52-77-75(54-62)76-55-63(47-53-78(76)91(77)64-38-20-7-21-39-64)66-49-51-74-86-68(66)43-25-45-72(86)89-83(60-34-16-5-17-35-60)81(58-30-12-3-13-31-58)82(59-32-14-4-15-33-59)84(90(74)89)61-36-18-6-19-37-61/h1-55H. The monoisotopic (exact) mass is 1150 g/mol. The van der Waals surface area contributed by atoms with Crippen molar-refractivity contribution in [3.8, 4) is 139 Å². The van der Waals surface area contributed by atoms with Crippen LogP contribution < -0.4 is 0 Å². The second-order valence-corrected chi connectivity index (χ2v) is 24.4. The van der Waals surface area contributed by atoms with Crippen molar-refractivity contribution >= 4 is 54.1 Å². The van der Waals surface area contributed by atoms with Gasteiger partial charge in [0.2, 0.25) is 0 Å². The number of hydrogen-bond donors (Lipinski definition) is 0. The fourth-order valence-electron chi connectivity index (χ4n) is 16.0. The van der Waals surface area contributed by atoms with Gasteiger partial charge in [-0.25, -0.2) is 0 Å². The molecule has 0 saturated carbocycles. The minimum absolute atomic E-state index is 1.14. The first kappa shape index (κ1) is 51.2. The highest BCUT2D eigenvalue weighted by Gasteiger charge is 2.36. The Morgan fingerprint density at radius 1 is 0.154 bits per heavy atom. The molecule has 16 aromatic carbocycles. The van der Waals surface area contributed by atoms with E-state index in [1.807, 2.05) is 0 Å². The number of para-hydroxylation sites is 1. The van der Waals surface area contributed by atoms with Gasteiger partial charge in [-0.05, 0) is 202 Å². The van der Waals surface area contributed by atoms with Gasteiger partial charge in [-0.3, -0.25) is 0 Å². The molecule has 19 rings (SSSR count). The molecule has 0 N–H and O–H groups in total. The molecule has 420 valence electrons. The van der Waals surface area contributed by atoms with Gasteiger partial charge in [-0.1, -0.05) is 297 Å². The summed E-state index contributed by atoms with van der Waals surface area (Å²) < 4.78 is 2.46. The Labute approximate surface area is 528 Å². The number of aromatic nitrogens is 1. The van der Waals surface area contributed by atoms with E-state index in [-0.39, 0.29) is 0 Å². The first-order valence-electron chi connectivity index (χ1n) is 31.7. The van der Waals surface area contributed by atoms with Crippen LogP contribution in [-0.2, 0) is 0 Å². The lowest BCUT2D eigenvalue weighted by atomic mass is 9.76. The Morgan fingerprint density at radius 3 is 0.791 bits per heavy atom. The summed E-state index contributed by atoms with van der Waals surface area (Å²) in [6.07, 6.45) is 0. The summed E-state index contributed by atoms with van der Waals surface area (Å²) in [5.74, 6) is 0. The van der Waals surface area contributed by atoms with Crippen molar-refractivity contribution in [1.82, 2.24) is 4.57 Å². The van der Waals surface area contributed by atoms with Crippen LogP contribution in [0.25, 0.3) is 193 Å². The predicted molar refractivity (Wildman–Crippen MR) is 386 cm³/mol. The lowest BCUT2D eigenvalue weighted by molar-refractivity contribution is 1.18. The third-order valence-corrected chi connectivity index (χ3v) is 19.7. The quantitative estimate of drug-likeness (QED) is 0.136. The number of nitrogens with zero attached hydrogens (tertiary/aromatic N) is 1. The van der Waals surface area contributed by atoms with Crippen molar-refractivity contribution in [3.05, 3.63) is 334 Å². The van der Waals surface area contributed by atoms with Crippen LogP contribution in [0.2, 0.25) is 0 Å². The molecule has 91 heavy (non-hydrogen) atoms. The average Bonchev–Trinajstić information content (AvgIpc) is 1.59. The molecule has 0 bridgehead atoms. The molecular formula is C90H55N. The van der Waals surface area contributed by atoms with Crippen molar-refractivity contribution in [2.75, 3.05) is 0 Å². The summed E-state index contributed by atoms with van der Waals surface area (Å²) in [5.41, 5.74) is 33.4. The zero-order valence-corrected chi connectivity index (χ0v) is 49.7. The zero-order valence-electron chi connectivity index (χ0n) is 49.7. The van der Waals surface area contributed by atoms with Gasteiger partial charge >= 0.3 is 0 Å². The summed E-state index contributed by atoms with van der Waals surface area (Å²) in [7, 11) is 0. The number of fused-ring (bicyclic) bond motifs is 10. The highest BCUT2D eigenvalue weighted by molar-refractivity contribution is 6.30. The van der Waals surface area contributed by atoms with Crippen LogP contribution in [0, 0.1) is 0 Å². The van der Waals surface area contributed by atoms with E-state index in [1.165, 1.54) is 188 Å². The second-order valence-electron chi connectivity index (χ2n) is 24.4. The van der Waals surface area contributed by atoms with E-state index < -0.39 is 0 Å². The van der Waals surface area contributed by atoms with Crippen LogP contribution in [0.1, 0.15) is 0 Å². The van der Waals surface area contributed by atoms with Gasteiger partial charge in [0, 0.05) is 16.5 Å². The van der Waals surface area contributed by atoms with Gasteiger partial charge in [0.25, 0.3) is 0 Å². The zero-order chi connectivity index (χ0) is 59.7. The van der Waals surface area contributed by atoms with Crippen LogP contribution in [0.4, 0.5) is 0 Å². The smallest absolute Gasteiger partial charge is 0.0541 e. The number of benzene rings is 16. The van der Waals surface area contributed by atoms with Gasteiger partial charge in [-0.2, -0.15) is 0 Å². The molecule has 2 aliphatic rings. The Balaban J connectivity index is 0.836. The summed E-state index contributed by atoms with van der Waals surface area (Å²) in [4.78, 5) is 0. The molecule has 0 radical (unpaired) electrons. The highest BCUT2D eigenvalue weighted by atomic mass is 15.0. The minimum atomic E-state index is 1.14. The van der Waals surface area contributed by atoms with Crippen LogP contribution in [0.3, 0.4) is 0 Å². The highest BCUT2D eigenvalue weighted by Crippen LogP contribution is 2.63. The van der Waals surface area contributed by atoms with E-state index in [0.717, 1.165) is 5.69 Å². The topological polar surface area (TPSA) is 4.93 Å². The third-order valence-electron chi connectivity index (χ3n) is 19.7. The molecule has 0 aliphatic heterocycles. The Kier molecular flexibility index (Phi) is 11.4. The predicted octanol–water partition coefficient (Wildman–Crippen LogP) is 24.9. The van der Waals surface area contributed by atoms with Crippen molar-refractivity contribution in [2.45, 2.75) is 0 Å². The fraction of sp³-hybridized carbons (Fsp3) is 0. The lowest BCUT2D eigenvalue weighted by Crippen LogP contribution is -1.99. The summed E-state index contributed by atoms with van der Waals surface area (Å²) >= 11 is 0. The molecule has 0 spiro atoms. The van der Waals surface area contributed by atoms with E-state index >= 15 is 0 Å². The maximum Gasteiger partial charge on any atom is 0.0541 e. The molecule has 1 heterocycles. The van der Waals surface area contributed by atoms with E-state index in [0.29, 0.717) is 0 Å². The molecule has 1 aromatic heterocycles. The molecule has 0 unspecified atom stereocenters. The van der Waals surface area contributed by atoms with E-state index in [4.69, 9.17) is 0 Å². The van der Waals surface area contributed by atoms with Crippen LogP contribution >= 0.6 is 0 Å². The molecule has 0 atom stereocenters. The first-order valence-corrected chi connectivity index (χ1v) is 31.7. The molecule has 1 nitrogen and oxygen atoms in total. The first-order chi connectivity index (χ1) is 45.2. The molecule has 1 heteroatoms. The van der Waals surface area contributed by atoms with E-state index in [1.54, 1.807) is 0 Å². The average molecular weight is 1150 g/mol. The van der Waals surface area contributed by atoms with Gasteiger partial charge in [0.1, 0.15) is 0 Å². The van der Waals surface area contributed by atoms with Gasteiger partial charge in [0.05, 0.1) is 11.0 Å². The minimum Gasteiger partial charge on any atom is -0.309 e. The number of hydrogen-bond acceptors (Lipinski definition) is 0. The number of rotatable bonds is 9. The summed E-state index contributed by atoms with van der Waals surface area (Å²) in [5, 5.41) is 10.1. The third kappa shape index (κ3) is 7.65. The largest absolute Gasteiger partial charge is 0.309 e. The molecule has 17 aromatic rings. The van der Waals surface area contributed by atoms with Crippen LogP contribution in [-0.4, -0.2) is 4.57 Å². The molecule has 0 amide bonds. The van der Waals surface area contributed by atoms with Gasteiger partial charge < -0.3 is 4.57 Å². The molecule has 0 fully saturated rings.